The zero-order chi connectivity index (χ0) is 8.27. The van der Waals surface area contributed by atoms with E-state index in [1.54, 1.807) is 0 Å². The van der Waals surface area contributed by atoms with Crippen LogP contribution in [-0.4, -0.2) is 4.98 Å². The Kier molecular flexibility index (Phi) is 2.42. The van der Waals surface area contributed by atoms with E-state index >= 15 is 0 Å². The highest BCUT2D eigenvalue weighted by molar-refractivity contribution is 5.50. The first-order valence-corrected chi connectivity index (χ1v) is 3.86. The predicted molar refractivity (Wildman–Crippen MR) is 48.4 cm³/mol. The summed E-state index contributed by atoms with van der Waals surface area (Å²) in [6.45, 7) is 7.88. The number of hydrogen-bond donors (Lipinski definition) is 0. The number of rotatable bonds is 2. The van der Waals surface area contributed by atoms with E-state index in [-0.39, 0.29) is 0 Å². The van der Waals surface area contributed by atoms with E-state index in [0.717, 1.165) is 17.7 Å². The minimum Gasteiger partial charge on any atom is -0.260 e. The summed E-state index contributed by atoms with van der Waals surface area (Å²) in [6, 6.07) is 2.11. The van der Waals surface area contributed by atoms with Gasteiger partial charge >= 0.3 is 0 Å². The second kappa shape index (κ2) is 3.33. The zero-order valence-electron chi connectivity index (χ0n) is 7.09. The molecule has 0 fully saturated rings. The van der Waals surface area contributed by atoms with Gasteiger partial charge in [0.2, 0.25) is 0 Å². The van der Waals surface area contributed by atoms with Gasteiger partial charge in [-0.25, -0.2) is 0 Å². The summed E-state index contributed by atoms with van der Waals surface area (Å²) in [5, 5.41) is 0. The van der Waals surface area contributed by atoms with Crippen LogP contribution in [0.5, 0.6) is 0 Å². The fraction of sp³-hybridized carbons (Fsp3) is 0.300. The quantitative estimate of drug-likeness (QED) is 0.626. The molecule has 1 aromatic heterocycles. The number of aryl methyl sites for hydroxylation is 2. The van der Waals surface area contributed by atoms with Crippen molar-refractivity contribution < 1.29 is 0 Å². The van der Waals surface area contributed by atoms with Crippen molar-refractivity contribution in [3.05, 3.63) is 35.7 Å². The highest BCUT2D eigenvalue weighted by atomic mass is 14.7. The highest BCUT2D eigenvalue weighted by Crippen LogP contribution is 2.09. The lowest BCUT2D eigenvalue weighted by Crippen LogP contribution is -1.91. The molecule has 0 aliphatic rings. The van der Waals surface area contributed by atoms with Gasteiger partial charge in [-0.2, -0.15) is 0 Å². The minimum atomic E-state index is 0.974. The molecule has 0 bridgehead atoms. The highest BCUT2D eigenvalue weighted by Gasteiger charge is 1.96. The van der Waals surface area contributed by atoms with Crippen molar-refractivity contribution in [2.75, 3.05) is 0 Å². The van der Waals surface area contributed by atoms with Crippen molar-refractivity contribution in [1.29, 1.82) is 0 Å². The van der Waals surface area contributed by atoms with Crippen LogP contribution in [0.3, 0.4) is 0 Å². The Morgan fingerprint density at radius 2 is 2.36 bits per heavy atom. The van der Waals surface area contributed by atoms with Gasteiger partial charge in [0.15, 0.2) is 0 Å². The third-order valence-corrected chi connectivity index (χ3v) is 1.70. The first-order valence-electron chi connectivity index (χ1n) is 3.86. The maximum Gasteiger partial charge on any atom is 0.0473 e. The molecular formula is C10H13N. The molecule has 0 amide bonds. The molecule has 0 aliphatic carbocycles. The smallest absolute Gasteiger partial charge is 0.0473 e. The average Bonchev–Trinajstić information content (AvgIpc) is 2.04. The lowest BCUT2D eigenvalue weighted by molar-refractivity contribution is 1.02. The van der Waals surface area contributed by atoms with Gasteiger partial charge in [-0.05, 0) is 30.5 Å². The molecule has 0 unspecified atom stereocenters. The Labute approximate surface area is 67.8 Å². The third-order valence-electron chi connectivity index (χ3n) is 1.70. The number of pyridine rings is 1. The maximum atomic E-state index is 4.30. The topological polar surface area (TPSA) is 12.9 Å². The molecule has 0 aromatic carbocycles. The fourth-order valence-electron chi connectivity index (χ4n) is 1.09. The minimum absolute atomic E-state index is 0.974. The maximum absolute atomic E-state index is 4.30. The molecule has 1 aromatic rings. The standard InChI is InChI=1S/C10H13N/c1-4-9-6-8(3)7-11-10(9)5-2/h4,6-7H,1,5H2,2-3H3. The lowest BCUT2D eigenvalue weighted by Gasteiger charge is -2.01. The zero-order valence-corrected chi connectivity index (χ0v) is 7.09. The van der Waals surface area contributed by atoms with Crippen molar-refractivity contribution in [2.24, 2.45) is 0 Å². The molecule has 0 spiro atoms. The second-order valence-electron chi connectivity index (χ2n) is 2.61. The van der Waals surface area contributed by atoms with E-state index in [1.807, 2.05) is 19.2 Å². The Morgan fingerprint density at radius 3 is 2.91 bits per heavy atom. The van der Waals surface area contributed by atoms with Crippen molar-refractivity contribution in [3.63, 3.8) is 0 Å². The van der Waals surface area contributed by atoms with Crippen molar-refractivity contribution in [1.82, 2.24) is 4.98 Å². The Bertz CT molecular complexity index is 264. The Morgan fingerprint density at radius 1 is 1.64 bits per heavy atom. The molecule has 0 atom stereocenters. The number of hydrogen-bond acceptors (Lipinski definition) is 1. The van der Waals surface area contributed by atoms with Gasteiger partial charge in [-0.3, -0.25) is 4.98 Å². The van der Waals surface area contributed by atoms with Crippen LogP contribution < -0.4 is 0 Å². The Hall–Kier alpha value is -1.11. The van der Waals surface area contributed by atoms with E-state index < -0.39 is 0 Å². The summed E-state index contributed by atoms with van der Waals surface area (Å²) in [7, 11) is 0. The molecule has 11 heavy (non-hydrogen) atoms. The van der Waals surface area contributed by atoms with Crippen molar-refractivity contribution in [3.8, 4) is 0 Å². The first-order chi connectivity index (χ1) is 5.27. The van der Waals surface area contributed by atoms with Gasteiger partial charge in [0.1, 0.15) is 0 Å². The molecule has 58 valence electrons. The van der Waals surface area contributed by atoms with E-state index in [9.17, 15) is 0 Å². The first kappa shape index (κ1) is 7.99. The van der Waals surface area contributed by atoms with Crippen LogP contribution >= 0.6 is 0 Å². The van der Waals surface area contributed by atoms with Crippen LogP contribution in [0.1, 0.15) is 23.7 Å². The summed E-state index contributed by atoms with van der Waals surface area (Å²) in [5.74, 6) is 0. The van der Waals surface area contributed by atoms with Gasteiger partial charge in [-0.1, -0.05) is 19.6 Å². The molecule has 1 nitrogen and oxygen atoms in total. The van der Waals surface area contributed by atoms with Crippen LogP contribution in [0.2, 0.25) is 0 Å². The number of aromatic nitrogens is 1. The molecular weight excluding hydrogens is 134 g/mol. The summed E-state index contributed by atoms with van der Waals surface area (Å²) in [6.07, 6.45) is 4.73. The SMILES string of the molecule is C=Cc1cc(C)cnc1CC. The molecule has 1 heteroatoms. The fourth-order valence-corrected chi connectivity index (χ4v) is 1.09. The van der Waals surface area contributed by atoms with Gasteiger partial charge in [0, 0.05) is 11.9 Å². The molecule has 0 aliphatic heterocycles. The van der Waals surface area contributed by atoms with E-state index in [2.05, 4.69) is 24.6 Å². The second-order valence-corrected chi connectivity index (χ2v) is 2.61. The predicted octanol–water partition coefficient (Wildman–Crippen LogP) is 2.60. The monoisotopic (exact) mass is 147 g/mol. The normalized spacial score (nSPS) is 9.64. The molecule has 1 rings (SSSR count). The van der Waals surface area contributed by atoms with Gasteiger partial charge in [0.25, 0.3) is 0 Å². The van der Waals surface area contributed by atoms with E-state index in [0.29, 0.717) is 0 Å². The van der Waals surface area contributed by atoms with Gasteiger partial charge < -0.3 is 0 Å². The summed E-state index contributed by atoms with van der Waals surface area (Å²) < 4.78 is 0. The van der Waals surface area contributed by atoms with Crippen LogP contribution in [-0.2, 0) is 6.42 Å². The van der Waals surface area contributed by atoms with Crippen molar-refractivity contribution >= 4 is 6.08 Å². The lowest BCUT2D eigenvalue weighted by atomic mass is 10.1. The van der Waals surface area contributed by atoms with Gasteiger partial charge in [0.05, 0.1) is 0 Å². The van der Waals surface area contributed by atoms with E-state index in [4.69, 9.17) is 0 Å². The summed E-state index contributed by atoms with van der Waals surface area (Å²) in [5.41, 5.74) is 3.48. The number of nitrogens with zero attached hydrogens (tertiary/aromatic N) is 1. The Balaban J connectivity index is 3.16. The largest absolute Gasteiger partial charge is 0.260 e. The molecule has 1 heterocycles. The third kappa shape index (κ3) is 1.67. The molecule has 0 N–H and O–H groups in total. The van der Waals surface area contributed by atoms with Gasteiger partial charge in [-0.15, -0.1) is 0 Å². The average molecular weight is 147 g/mol. The molecule has 0 saturated heterocycles. The summed E-state index contributed by atoms with van der Waals surface area (Å²) >= 11 is 0. The molecule has 0 saturated carbocycles. The van der Waals surface area contributed by atoms with Crippen molar-refractivity contribution in [2.45, 2.75) is 20.3 Å². The van der Waals surface area contributed by atoms with Crippen LogP contribution in [0, 0.1) is 6.92 Å². The van der Waals surface area contributed by atoms with Crippen LogP contribution in [0.15, 0.2) is 18.8 Å². The van der Waals surface area contributed by atoms with Crippen LogP contribution in [0.4, 0.5) is 0 Å². The van der Waals surface area contributed by atoms with E-state index in [1.165, 1.54) is 5.56 Å². The van der Waals surface area contributed by atoms with Crippen LogP contribution in [0.25, 0.3) is 6.08 Å². The molecule has 0 radical (unpaired) electrons. The summed E-state index contributed by atoms with van der Waals surface area (Å²) in [4.78, 5) is 4.30.